The summed E-state index contributed by atoms with van der Waals surface area (Å²) < 4.78 is 0. The molecule has 0 saturated heterocycles. The monoisotopic (exact) mass is 358 g/mol. The van der Waals surface area contributed by atoms with Crippen molar-refractivity contribution in [3.05, 3.63) is 82.4 Å². The number of aryl methyl sites for hydroxylation is 1. The molecule has 0 aliphatic rings. The zero-order chi connectivity index (χ0) is 14.8. The average molecular weight is 360 g/mol. The van der Waals surface area contributed by atoms with Crippen LogP contribution in [0, 0.1) is 6.92 Å². The van der Waals surface area contributed by atoms with Crippen molar-refractivity contribution in [3.63, 3.8) is 0 Å². The molecular formula is C19H16BrCl. The van der Waals surface area contributed by atoms with Crippen LogP contribution in [-0.2, 0) is 6.42 Å². The molecule has 1 unspecified atom stereocenters. The van der Waals surface area contributed by atoms with E-state index in [0.717, 1.165) is 11.4 Å². The topological polar surface area (TPSA) is 0 Å². The van der Waals surface area contributed by atoms with Crippen LogP contribution in [0.15, 0.2) is 60.7 Å². The Kier molecular flexibility index (Phi) is 4.32. The maximum atomic E-state index is 6.15. The molecule has 0 fully saturated rings. The molecule has 3 rings (SSSR count). The van der Waals surface area contributed by atoms with Gasteiger partial charge in [-0.2, -0.15) is 0 Å². The maximum Gasteiger partial charge on any atom is 0.0436 e. The van der Waals surface area contributed by atoms with Crippen LogP contribution >= 0.6 is 27.5 Å². The van der Waals surface area contributed by atoms with Crippen LogP contribution in [0.25, 0.3) is 10.8 Å². The maximum absolute atomic E-state index is 6.15. The highest BCUT2D eigenvalue weighted by molar-refractivity contribution is 9.09. The Balaban J connectivity index is 1.86. The van der Waals surface area contributed by atoms with E-state index in [1.165, 1.54) is 27.5 Å². The summed E-state index contributed by atoms with van der Waals surface area (Å²) in [5.74, 6) is 0. The minimum Gasteiger partial charge on any atom is -0.0843 e. The molecule has 0 saturated carbocycles. The first kappa shape index (κ1) is 14.6. The van der Waals surface area contributed by atoms with Gasteiger partial charge in [0.05, 0.1) is 0 Å². The molecule has 0 aliphatic carbocycles. The summed E-state index contributed by atoms with van der Waals surface area (Å²) in [6, 6.07) is 21.3. The van der Waals surface area contributed by atoms with Crippen molar-refractivity contribution in [2.24, 2.45) is 0 Å². The van der Waals surface area contributed by atoms with Crippen molar-refractivity contribution in [1.29, 1.82) is 0 Å². The lowest BCUT2D eigenvalue weighted by Gasteiger charge is -2.12. The molecule has 1 atom stereocenters. The molecule has 0 bridgehead atoms. The number of hydrogen-bond acceptors (Lipinski definition) is 0. The normalized spacial score (nSPS) is 12.5. The Morgan fingerprint density at radius 3 is 2.48 bits per heavy atom. The van der Waals surface area contributed by atoms with Crippen molar-refractivity contribution >= 4 is 38.3 Å². The number of alkyl halides is 1. The number of halogens is 2. The summed E-state index contributed by atoms with van der Waals surface area (Å²) in [4.78, 5) is 0.274. The summed E-state index contributed by atoms with van der Waals surface area (Å²) in [6.07, 6.45) is 0.949. The molecule has 0 spiro atoms. The van der Waals surface area contributed by atoms with Crippen molar-refractivity contribution in [1.82, 2.24) is 0 Å². The average Bonchev–Trinajstić information content (AvgIpc) is 2.46. The Labute approximate surface area is 138 Å². The van der Waals surface area contributed by atoms with Gasteiger partial charge in [-0.15, -0.1) is 0 Å². The quantitative estimate of drug-likeness (QED) is 0.469. The van der Waals surface area contributed by atoms with E-state index in [4.69, 9.17) is 11.6 Å². The van der Waals surface area contributed by atoms with Gasteiger partial charge < -0.3 is 0 Å². The molecule has 0 N–H and O–H groups in total. The molecule has 3 aromatic rings. The van der Waals surface area contributed by atoms with Gasteiger partial charge in [-0.25, -0.2) is 0 Å². The summed E-state index contributed by atoms with van der Waals surface area (Å²) in [7, 11) is 0. The largest absolute Gasteiger partial charge is 0.0843 e. The summed E-state index contributed by atoms with van der Waals surface area (Å²) in [6.45, 7) is 2.07. The highest BCUT2D eigenvalue weighted by Gasteiger charge is 2.10. The zero-order valence-electron chi connectivity index (χ0n) is 11.8. The SMILES string of the molecule is Cc1cc(Cl)cc(C(Br)Cc2ccc3ccccc3c2)c1. The van der Waals surface area contributed by atoms with Crippen LogP contribution in [0.1, 0.15) is 21.5 Å². The summed E-state index contributed by atoms with van der Waals surface area (Å²) in [5.41, 5.74) is 3.75. The van der Waals surface area contributed by atoms with Gasteiger partial charge in [0.15, 0.2) is 0 Å². The van der Waals surface area contributed by atoms with Crippen LogP contribution < -0.4 is 0 Å². The van der Waals surface area contributed by atoms with E-state index in [-0.39, 0.29) is 4.83 Å². The van der Waals surface area contributed by atoms with E-state index >= 15 is 0 Å². The Bertz CT molecular complexity index is 759. The first-order valence-corrected chi connectivity index (χ1v) is 8.30. The number of hydrogen-bond donors (Lipinski definition) is 0. The van der Waals surface area contributed by atoms with Gasteiger partial charge in [0.2, 0.25) is 0 Å². The highest BCUT2D eigenvalue weighted by Crippen LogP contribution is 2.30. The molecule has 21 heavy (non-hydrogen) atoms. The lowest BCUT2D eigenvalue weighted by Crippen LogP contribution is -1.96. The van der Waals surface area contributed by atoms with Gasteiger partial charge in [0.25, 0.3) is 0 Å². The number of rotatable bonds is 3. The lowest BCUT2D eigenvalue weighted by molar-refractivity contribution is 0.949. The fraction of sp³-hybridized carbons (Fsp3) is 0.158. The standard InChI is InChI=1S/C19H16BrCl/c1-13-8-17(12-18(21)9-13)19(20)11-14-6-7-15-4-2-3-5-16(15)10-14/h2-10,12,19H,11H2,1H3. The van der Waals surface area contributed by atoms with Crippen LogP contribution in [-0.4, -0.2) is 0 Å². The molecule has 3 aromatic carbocycles. The smallest absolute Gasteiger partial charge is 0.0436 e. The minimum atomic E-state index is 0.274. The molecule has 0 radical (unpaired) electrons. The van der Waals surface area contributed by atoms with Crippen LogP contribution in [0.3, 0.4) is 0 Å². The second kappa shape index (κ2) is 6.21. The first-order valence-electron chi connectivity index (χ1n) is 7.01. The second-order valence-electron chi connectivity index (χ2n) is 5.42. The van der Waals surface area contributed by atoms with E-state index in [1.54, 1.807) is 0 Å². The molecule has 0 heterocycles. The summed E-state index contributed by atoms with van der Waals surface area (Å²) >= 11 is 9.95. The Morgan fingerprint density at radius 2 is 1.71 bits per heavy atom. The molecule has 106 valence electrons. The number of benzene rings is 3. The first-order chi connectivity index (χ1) is 10.1. The summed E-state index contributed by atoms with van der Waals surface area (Å²) in [5, 5.41) is 3.37. The Hall–Kier alpha value is -1.31. The second-order valence-corrected chi connectivity index (χ2v) is 6.96. The van der Waals surface area contributed by atoms with Crippen molar-refractivity contribution in [3.8, 4) is 0 Å². The van der Waals surface area contributed by atoms with Crippen LogP contribution in [0.4, 0.5) is 0 Å². The van der Waals surface area contributed by atoms with Crippen molar-refractivity contribution in [2.45, 2.75) is 18.2 Å². The molecule has 2 heteroatoms. The lowest BCUT2D eigenvalue weighted by atomic mass is 10.0. The molecule has 0 amide bonds. The van der Waals surface area contributed by atoms with E-state index in [2.05, 4.69) is 71.4 Å². The van der Waals surface area contributed by atoms with E-state index < -0.39 is 0 Å². The van der Waals surface area contributed by atoms with Gasteiger partial charge in [-0.3, -0.25) is 0 Å². The minimum absolute atomic E-state index is 0.274. The van der Waals surface area contributed by atoms with Gasteiger partial charge in [-0.1, -0.05) is 76.1 Å². The van der Waals surface area contributed by atoms with E-state index in [9.17, 15) is 0 Å². The number of fused-ring (bicyclic) bond motifs is 1. The fourth-order valence-electron chi connectivity index (χ4n) is 2.64. The van der Waals surface area contributed by atoms with Crippen LogP contribution in [0.2, 0.25) is 5.02 Å². The van der Waals surface area contributed by atoms with Crippen LogP contribution in [0.5, 0.6) is 0 Å². The van der Waals surface area contributed by atoms with Gasteiger partial charge >= 0.3 is 0 Å². The third kappa shape index (κ3) is 3.48. The Morgan fingerprint density at radius 1 is 0.952 bits per heavy atom. The zero-order valence-corrected chi connectivity index (χ0v) is 14.2. The molecule has 0 aliphatic heterocycles. The van der Waals surface area contributed by atoms with Crippen molar-refractivity contribution in [2.75, 3.05) is 0 Å². The van der Waals surface area contributed by atoms with E-state index in [1.807, 2.05) is 12.1 Å². The van der Waals surface area contributed by atoms with Gasteiger partial charge in [0, 0.05) is 9.85 Å². The predicted octanol–water partition coefficient (Wildman–Crippen LogP) is 6.48. The molecule has 0 nitrogen and oxygen atoms in total. The molecular weight excluding hydrogens is 344 g/mol. The highest BCUT2D eigenvalue weighted by atomic mass is 79.9. The fourth-order valence-corrected chi connectivity index (χ4v) is 3.57. The van der Waals surface area contributed by atoms with Gasteiger partial charge in [-0.05, 0) is 52.9 Å². The predicted molar refractivity (Wildman–Crippen MR) is 95.5 cm³/mol. The van der Waals surface area contributed by atoms with Gasteiger partial charge in [0.1, 0.15) is 0 Å². The molecule has 0 aromatic heterocycles. The third-order valence-corrected chi connectivity index (χ3v) is 4.73. The van der Waals surface area contributed by atoms with Crippen molar-refractivity contribution < 1.29 is 0 Å². The third-order valence-electron chi connectivity index (χ3n) is 3.65. The van der Waals surface area contributed by atoms with E-state index in [0.29, 0.717) is 0 Å².